The van der Waals surface area contributed by atoms with Crippen LogP contribution in [-0.4, -0.2) is 82.0 Å². The van der Waals surface area contributed by atoms with Gasteiger partial charge in [0.15, 0.2) is 35.4 Å². The number of nitrogens with zero attached hydrogens (tertiary/aromatic N) is 4. The van der Waals surface area contributed by atoms with Gasteiger partial charge in [0.2, 0.25) is 5.82 Å². The van der Waals surface area contributed by atoms with Gasteiger partial charge in [-0.1, -0.05) is 60.7 Å². The van der Waals surface area contributed by atoms with Crippen molar-refractivity contribution in [3.8, 4) is 0 Å². The number of rotatable bonds is 11. The summed E-state index contributed by atoms with van der Waals surface area (Å²) >= 11 is 0. The number of imidazole rings is 1. The fraction of sp³-hybridized carbons (Fsp3) is 0.344. The lowest BCUT2D eigenvalue weighted by atomic mass is 9.91. The first kappa shape index (κ1) is 32.0. The third-order valence-electron chi connectivity index (χ3n) is 7.28. The van der Waals surface area contributed by atoms with E-state index in [1.165, 1.54) is 38.8 Å². The maximum absolute atomic E-state index is 12.7. The smallest absolute Gasteiger partial charge is 0.376 e. The zero-order chi connectivity index (χ0) is 32.8. The van der Waals surface area contributed by atoms with Crippen LogP contribution in [-0.2, 0) is 38.1 Å². The van der Waals surface area contributed by atoms with E-state index < -0.39 is 48.4 Å². The molecular weight excluding hydrogens is 598 g/mol. The lowest BCUT2D eigenvalue weighted by Gasteiger charge is -2.23. The first-order chi connectivity index (χ1) is 22.2. The average molecular weight is 632 g/mol. The van der Waals surface area contributed by atoms with Crippen molar-refractivity contribution in [2.75, 3.05) is 25.6 Å². The van der Waals surface area contributed by atoms with Gasteiger partial charge in [0.05, 0.1) is 13.4 Å². The monoisotopic (exact) mass is 631 g/mol. The normalized spacial score (nSPS) is 19.1. The summed E-state index contributed by atoms with van der Waals surface area (Å²) < 4.78 is 28.7. The Hall–Kier alpha value is -5.37. The van der Waals surface area contributed by atoms with E-state index in [1.54, 1.807) is 0 Å². The molecule has 0 aliphatic carbocycles. The van der Waals surface area contributed by atoms with E-state index in [-0.39, 0.29) is 35.3 Å². The van der Waals surface area contributed by atoms with E-state index in [0.29, 0.717) is 6.54 Å². The molecular formula is C32H33N5O9. The summed E-state index contributed by atoms with van der Waals surface area (Å²) in [7, 11) is 1.21. The van der Waals surface area contributed by atoms with E-state index in [9.17, 15) is 19.2 Å². The Morgan fingerprint density at radius 3 is 2.04 bits per heavy atom. The number of ether oxygens (including phenoxy) is 5. The minimum absolute atomic E-state index is 0.0888. The van der Waals surface area contributed by atoms with Crippen LogP contribution < -0.4 is 5.32 Å². The van der Waals surface area contributed by atoms with E-state index >= 15 is 0 Å². The van der Waals surface area contributed by atoms with Crippen LogP contribution in [0.4, 0.5) is 5.82 Å². The van der Waals surface area contributed by atoms with Crippen molar-refractivity contribution >= 4 is 40.9 Å². The van der Waals surface area contributed by atoms with Crippen LogP contribution in [0, 0.1) is 0 Å². The molecule has 1 N–H and O–H groups in total. The molecule has 3 heterocycles. The molecule has 1 aliphatic heterocycles. The third-order valence-corrected chi connectivity index (χ3v) is 7.28. The molecule has 1 aliphatic rings. The summed E-state index contributed by atoms with van der Waals surface area (Å²) in [4.78, 5) is 61.9. The predicted molar refractivity (Wildman–Crippen MR) is 162 cm³/mol. The largest absolute Gasteiger partial charge is 0.463 e. The van der Waals surface area contributed by atoms with Crippen LogP contribution in [0.2, 0.25) is 0 Å². The first-order valence-electron chi connectivity index (χ1n) is 14.5. The van der Waals surface area contributed by atoms with Gasteiger partial charge in [-0.05, 0) is 11.1 Å². The van der Waals surface area contributed by atoms with Crippen molar-refractivity contribution in [3.63, 3.8) is 0 Å². The topological polar surface area (TPSA) is 170 Å². The Morgan fingerprint density at radius 1 is 0.870 bits per heavy atom. The van der Waals surface area contributed by atoms with Gasteiger partial charge < -0.3 is 29.0 Å². The van der Waals surface area contributed by atoms with Crippen molar-refractivity contribution < 1.29 is 42.9 Å². The lowest BCUT2D eigenvalue weighted by molar-refractivity contribution is -0.166. The molecule has 0 saturated carbocycles. The lowest BCUT2D eigenvalue weighted by Crippen LogP contribution is -2.40. The highest BCUT2D eigenvalue weighted by Crippen LogP contribution is 2.37. The number of hydrogen-bond acceptors (Lipinski definition) is 13. The highest BCUT2D eigenvalue weighted by Gasteiger charge is 2.51. The molecule has 1 fully saturated rings. The number of nitrogens with one attached hydrogen (secondary N) is 1. The quantitative estimate of drug-likeness (QED) is 0.189. The molecule has 14 nitrogen and oxygen atoms in total. The predicted octanol–water partition coefficient (Wildman–Crippen LogP) is 3.18. The minimum Gasteiger partial charge on any atom is -0.463 e. The van der Waals surface area contributed by atoms with E-state index in [0.717, 1.165) is 11.1 Å². The maximum atomic E-state index is 12.7. The number of hydrogen-bond donors (Lipinski definition) is 1. The van der Waals surface area contributed by atoms with E-state index in [2.05, 4.69) is 20.3 Å². The number of carbonyl (C=O) groups excluding carboxylic acids is 4. The van der Waals surface area contributed by atoms with Gasteiger partial charge >= 0.3 is 23.9 Å². The van der Waals surface area contributed by atoms with Crippen molar-refractivity contribution in [2.45, 2.75) is 51.2 Å². The average Bonchev–Trinajstić information content (AvgIpc) is 3.61. The summed E-state index contributed by atoms with van der Waals surface area (Å²) in [5, 5.41) is 3.34. The molecule has 5 rings (SSSR count). The van der Waals surface area contributed by atoms with Crippen LogP contribution in [0.25, 0.3) is 11.2 Å². The standard InChI is InChI=1S/C32H33N5O9/c1-18(38)43-16-24-26(44-19(2)39)27(45-20(3)40)31(46-24)37-17-34-25-28(35-29(32(41)42-4)36-30(25)37)33-15-23(21-11-7-5-8-12-21)22-13-9-6-10-14-22/h5-14,17,23-24,26-27,31H,15-16H2,1-4H3,(H,33,35,36)/t24-,26-,27+,31-/m1/s1. The second-order valence-corrected chi connectivity index (χ2v) is 10.5. The Labute approximate surface area is 264 Å². The van der Waals surface area contributed by atoms with Crippen LogP contribution in [0.3, 0.4) is 0 Å². The third kappa shape index (κ3) is 7.12. The van der Waals surface area contributed by atoms with Crippen molar-refractivity contribution in [2.24, 2.45) is 0 Å². The molecule has 14 heteroatoms. The van der Waals surface area contributed by atoms with Gasteiger partial charge in [0, 0.05) is 33.2 Å². The van der Waals surface area contributed by atoms with Gasteiger partial charge in [-0.2, -0.15) is 0 Å². The van der Waals surface area contributed by atoms with Gasteiger partial charge in [-0.3, -0.25) is 19.0 Å². The number of fused-ring (bicyclic) bond motifs is 1. The van der Waals surface area contributed by atoms with Gasteiger partial charge in [-0.25, -0.2) is 19.7 Å². The first-order valence-corrected chi connectivity index (χ1v) is 14.5. The van der Waals surface area contributed by atoms with Crippen LogP contribution in [0.15, 0.2) is 67.0 Å². The molecule has 2 aromatic carbocycles. The molecule has 2 aromatic heterocycles. The van der Waals surface area contributed by atoms with Crippen molar-refractivity contribution in [1.82, 2.24) is 19.5 Å². The molecule has 4 atom stereocenters. The Bertz CT molecular complexity index is 1670. The van der Waals surface area contributed by atoms with Gasteiger partial charge in [0.25, 0.3) is 0 Å². The number of benzene rings is 2. The molecule has 4 aromatic rings. The van der Waals surface area contributed by atoms with E-state index in [4.69, 9.17) is 23.7 Å². The molecule has 0 bridgehead atoms. The highest BCUT2D eigenvalue weighted by molar-refractivity contribution is 5.91. The number of anilines is 1. The number of aromatic nitrogens is 4. The number of esters is 4. The van der Waals surface area contributed by atoms with Crippen molar-refractivity contribution in [1.29, 1.82) is 0 Å². The molecule has 0 radical (unpaired) electrons. The van der Waals surface area contributed by atoms with Gasteiger partial charge in [0.1, 0.15) is 12.7 Å². The fourth-order valence-electron chi connectivity index (χ4n) is 5.32. The molecule has 0 amide bonds. The molecule has 0 spiro atoms. The molecule has 46 heavy (non-hydrogen) atoms. The van der Waals surface area contributed by atoms with Crippen LogP contribution in [0.1, 0.15) is 54.7 Å². The van der Waals surface area contributed by atoms with E-state index in [1.807, 2.05) is 60.7 Å². The van der Waals surface area contributed by atoms with Gasteiger partial charge in [-0.15, -0.1) is 0 Å². The summed E-state index contributed by atoms with van der Waals surface area (Å²) in [6.07, 6.45) is -3.09. The molecule has 240 valence electrons. The molecule has 0 unspecified atom stereocenters. The van der Waals surface area contributed by atoms with Crippen molar-refractivity contribution in [3.05, 3.63) is 83.9 Å². The zero-order valence-corrected chi connectivity index (χ0v) is 25.6. The SMILES string of the molecule is COC(=O)c1nc(NCC(c2ccccc2)c2ccccc2)c2ncn([C@@H]3O[C@H](COC(C)=O)[C@@H](OC(C)=O)[C@@H]3OC(C)=O)c2n1. The summed E-state index contributed by atoms with van der Waals surface area (Å²) in [6, 6.07) is 19.9. The Kier molecular flexibility index (Phi) is 9.86. The maximum Gasteiger partial charge on any atom is 0.376 e. The highest BCUT2D eigenvalue weighted by atomic mass is 16.7. The second-order valence-electron chi connectivity index (χ2n) is 10.5. The number of carbonyl (C=O) groups is 4. The van der Waals surface area contributed by atoms with Crippen LogP contribution >= 0.6 is 0 Å². The molecule has 1 saturated heterocycles. The summed E-state index contributed by atoms with van der Waals surface area (Å²) in [5.74, 6) is -2.82. The van der Waals surface area contributed by atoms with Crippen LogP contribution in [0.5, 0.6) is 0 Å². The fourth-order valence-corrected chi connectivity index (χ4v) is 5.32. The second kappa shape index (κ2) is 14.2. The zero-order valence-electron chi connectivity index (χ0n) is 25.6. The summed E-state index contributed by atoms with van der Waals surface area (Å²) in [5.41, 5.74) is 2.55. The Morgan fingerprint density at radius 2 is 1.48 bits per heavy atom. The number of methoxy groups -OCH3 is 1. The summed E-state index contributed by atoms with van der Waals surface area (Å²) in [6.45, 7) is 3.70. The Balaban J connectivity index is 1.56. The minimum atomic E-state index is -1.19.